The van der Waals surface area contributed by atoms with E-state index in [1.165, 1.54) is 6.42 Å². The van der Waals surface area contributed by atoms with Gasteiger partial charge in [-0.15, -0.1) is 0 Å². The molecule has 0 aromatic carbocycles. The van der Waals surface area contributed by atoms with E-state index < -0.39 is 0 Å². The highest BCUT2D eigenvalue weighted by atomic mass is 15.5. The number of nitrogens with one attached hydrogen (secondary N) is 1. The number of hydrogen-bond acceptors (Lipinski definition) is 4. The van der Waals surface area contributed by atoms with Crippen LogP contribution in [0.2, 0.25) is 0 Å². The Morgan fingerprint density at radius 1 is 1.64 bits per heavy atom. The first-order valence-corrected chi connectivity index (χ1v) is 4.72. The van der Waals surface area contributed by atoms with Crippen LogP contribution in [0.15, 0.2) is 18.3 Å². The van der Waals surface area contributed by atoms with Crippen LogP contribution in [0.4, 0.5) is 0 Å². The predicted molar refractivity (Wildman–Crippen MR) is 52.0 cm³/mol. The van der Waals surface area contributed by atoms with Crippen LogP contribution >= 0.6 is 0 Å². The first kappa shape index (κ1) is 9.13. The molecule has 14 heavy (non-hydrogen) atoms. The molecule has 1 aromatic heterocycles. The molecule has 0 bridgehead atoms. The van der Waals surface area contributed by atoms with Gasteiger partial charge >= 0.3 is 0 Å². The van der Waals surface area contributed by atoms with Crippen molar-refractivity contribution in [1.82, 2.24) is 15.4 Å². The first-order valence-electron chi connectivity index (χ1n) is 4.72. The Morgan fingerprint density at radius 2 is 2.57 bits per heavy atom. The monoisotopic (exact) mass is 188 g/mol. The molecule has 2 heterocycles. The molecule has 1 saturated heterocycles. The maximum Gasteiger partial charge on any atom is 0.144 e. The number of hydrogen-bond donors (Lipinski definition) is 1. The Hall–Kier alpha value is -1.44. The van der Waals surface area contributed by atoms with Gasteiger partial charge in [0.05, 0.1) is 0 Å². The summed E-state index contributed by atoms with van der Waals surface area (Å²) in [6.45, 7) is 2.83. The highest BCUT2D eigenvalue weighted by Gasteiger charge is 2.12. The SMILES string of the molecule is N#Cc1ncccc1CN1CCCN1. The number of pyridine rings is 1. The maximum atomic E-state index is 8.84. The van der Waals surface area contributed by atoms with E-state index in [9.17, 15) is 0 Å². The van der Waals surface area contributed by atoms with Crippen molar-refractivity contribution >= 4 is 0 Å². The Bertz CT molecular complexity index is 349. The summed E-state index contributed by atoms with van der Waals surface area (Å²) in [6.07, 6.45) is 2.82. The molecule has 0 radical (unpaired) electrons. The van der Waals surface area contributed by atoms with Crippen LogP contribution in [-0.4, -0.2) is 23.1 Å². The third kappa shape index (κ3) is 1.90. The van der Waals surface area contributed by atoms with Crippen molar-refractivity contribution in [3.8, 4) is 6.07 Å². The van der Waals surface area contributed by atoms with Gasteiger partial charge in [-0.3, -0.25) is 5.43 Å². The minimum absolute atomic E-state index is 0.529. The summed E-state index contributed by atoms with van der Waals surface area (Å²) in [5, 5.41) is 11.0. The van der Waals surface area contributed by atoms with Crippen LogP contribution in [0.5, 0.6) is 0 Å². The van der Waals surface area contributed by atoms with Crippen LogP contribution in [0.3, 0.4) is 0 Å². The molecule has 0 amide bonds. The zero-order valence-corrected chi connectivity index (χ0v) is 7.90. The van der Waals surface area contributed by atoms with E-state index >= 15 is 0 Å². The van der Waals surface area contributed by atoms with E-state index in [-0.39, 0.29) is 0 Å². The summed E-state index contributed by atoms with van der Waals surface area (Å²) in [7, 11) is 0. The van der Waals surface area contributed by atoms with Crippen molar-refractivity contribution in [2.24, 2.45) is 0 Å². The fraction of sp³-hybridized carbons (Fsp3) is 0.400. The van der Waals surface area contributed by atoms with Gasteiger partial charge in [-0.25, -0.2) is 9.99 Å². The molecule has 1 aliphatic heterocycles. The van der Waals surface area contributed by atoms with Crippen molar-refractivity contribution in [3.63, 3.8) is 0 Å². The Balaban J connectivity index is 2.11. The summed E-state index contributed by atoms with van der Waals surface area (Å²) in [6, 6.07) is 5.92. The van der Waals surface area contributed by atoms with Crippen LogP contribution in [-0.2, 0) is 6.54 Å². The smallest absolute Gasteiger partial charge is 0.144 e. The molecule has 1 fully saturated rings. The van der Waals surface area contributed by atoms with Crippen molar-refractivity contribution in [3.05, 3.63) is 29.6 Å². The number of rotatable bonds is 2. The second-order valence-corrected chi connectivity index (χ2v) is 3.31. The van der Waals surface area contributed by atoms with Crippen molar-refractivity contribution in [2.45, 2.75) is 13.0 Å². The number of nitrogens with zero attached hydrogens (tertiary/aromatic N) is 3. The Morgan fingerprint density at radius 3 is 3.29 bits per heavy atom. The van der Waals surface area contributed by atoms with Gasteiger partial charge in [0.2, 0.25) is 0 Å². The molecule has 4 heteroatoms. The van der Waals surface area contributed by atoms with E-state index in [0.29, 0.717) is 5.69 Å². The van der Waals surface area contributed by atoms with Crippen molar-refractivity contribution in [1.29, 1.82) is 5.26 Å². The van der Waals surface area contributed by atoms with E-state index in [0.717, 1.165) is 25.2 Å². The van der Waals surface area contributed by atoms with Gasteiger partial charge in [-0.1, -0.05) is 6.07 Å². The second-order valence-electron chi connectivity index (χ2n) is 3.31. The summed E-state index contributed by atoms with van der Waals surface area (Å²) in [5.74, 6) is 0. The van der Waals surface area contributed by atoms with Gasteiger partial charge in [0, 0.05) is 31.4 Å². The third-order valence-corrected chi connectivity index (χ3v) is 2.30. The predicted octanol–water partition coefficient (Wildman–Crippen LogP) is 0.664. The number of hydrazine groups is 1. The molecular weight excluding hydrogens is 176 g/mol. The lowest BCUT2D eigenvalue weighted by Gasteiger charge is -2.15. The lowest BCUT2D eigenvalue weighted by Crippen LogP contribution is -2.30. The lowest BCUT2D eigenvalue weighted by molar-refractivity contribution is 0.244. The summed E-state index contributed by atoms with van der Waals surface area (Å²) >= 11 is 0. The second kappa shape index (κ2) is 4.18. The molecule has 0 aliphatic carbocycles. The fourth-order valence-electron chi connectivity index (χ4n) is 1.59. The fourth-order valence-corrected chi connectivity index (χ4v) is 1.59. The molecule has 4 nitrogen and oxygen atoms in total. The standard InChI is InChI=1S/C10H12N4/c11-7-10-9(3-1-4-12-10)8-14-6-2-5-13-14/h1,3-4,13H,2,5-6,8H2. The highest BCUT2D eigenvalue weighted by Crippen LogP contribution is 2.08. The van der Waals surface area contributed by atoms with Gasteiger partial charge in [0.25, 0.3) is 0 Å². The molecule has 1 N–H and O–H groups in total. The number of nitriles is 1. The quantitative estimate of drug-likeness (QED) is 0.741. The summed E-state index contributed by atoms with van der Waals surface area (Å²) < 4.78 is 0. The molecule has 0 unspecified atom stereocenters. The summed E-state index contributed by atoms with van der Waals surface area (Å²) in [5.41, 5.74) is 4.77. The minimum atomic E-state index is 0.529. The Kier molecular flexibility index (Phi) is 2.73. The molecular formula is C10H12N4. The Labute approximate surface area is 83.1 Å². The van der Waals surface area contributed by atoms with E-state index in [4.69, 9.17) is 5.26 Å². The van der Waals surface area contributed by atoms with Crippen LogP contribution in [0.25, 0.3) is 0 Å². The average Bonchev–Trinajstić information content (AvgIpc) is 2.71. The highest BCUT2D eigenvalue weighted by molar-refractivity contribution is 5.30. The normalized spacial score (nSPS) is 16.8. The van der Waals surface area contributed by atoms with Crippen LogP contribution in [0, 0.1) is 11.3 Å². The first-order chi connectivity index (χ1) is 6.90. The van der Waals surface area contributed by atoms with E-state index in [2.05, 4.69) is 21.5 Å². The third-order valence-electron chi connectivity index (χ3n) is 2.30. The zero-order valence-electron chi connectivity index (χ0n) is 7.90. The van der Waals surface area contributed by atoms with Gasteiger partial charge in [-0.05, 0) is 12.5 Å². The summed E-state index contributed by atoms with van der Waals surface area (Å²) in [4.78, 5) is 4.02. The molecule has 0 spiro atoms. The van der Waals surface area contributed by atoms with Crippen molar-refractivity contribution in [2.75, 3.05) is 13.1 Å². The minimum Gasteiger partial charge on any atom is -0.255 e. The van der Waals surface area contributed by atoms with Crippen LogP contribution < -0.4 is 5.43 Å². The maximum absolute atomic E-state index is 8.84. The average molecular weight is 188 g/mol. The lowest BCUT2D eigenvalue weighted by atomic mass is 10.2. The molecule has 2 rings (SSSR count). The molecule has 1 aliphatic rings. The van der Waals surface area contributed by atoms with Gasteiger partial charge < -0.3 is 0 Å². The van der Waals surface area contributed by atoms with Crippen molar-refractivity contribution < 1.29 is 0 Å². The van der Waals surface area contributed by atoms with E-state index in [1.54, 1.807) is 6.20 Å². The van der Waals surface area contributed by atoms with Gasteiger partial charge in [0.1, 0.15) is 11.8 Å². The van der Waals surface area contributed by atoms with E-state index in [1.807, 2.05) is 12.1 Å². The molecule has 72 valence electrons. The topological polar surface area (TPSA) is 52.0 Å². The molecule has 0 saturated carbocycles. The molecule has 1 aromatic rings. The molecule has 0 atom stereocenters. The van der Waals surface area contributed by atoms with Gasteiger partial charge in [-0.2, -0.15) is 5.26 Å². The zero-order chi connectivity index (χ0) is 9.80. The number of aromatic nitrogens is 1. The van der Waals surface area contributed by atoms with Crippen LogP contribution in [0.1, 0.15) is 17.7 Å². The largest absolute Gasteiger partial charge is 0.255 e. The van der Waals surface area contributed by atoms with Gasteiger partial charge in [0.15, 0.2) is 0 Å².